The molecule has 0 spiro atoms. The maximum atomic E-state index is 12.6. The van der Waals surface area contributed by atoms with Crippen molar-refractivity contribution in [1.29, 1.82) is 0 Å². The van der Waals surface area contributed by atoms with Gasteiger partial charge in [0.1, 0.15) is 11.5 Å². The number of ether oxygens (including phenoxy) is 1. The molecule has 0 saturated carbocycles. The number of aliphatic hydroxyl groups is 1. The monoisotopic (exact) mass is 406 g/mol. The van der Waals surface area contributed by atoms with Crippen LogP contribution in [0.5, 0.6) is 5.75 Å². The Morgan fingerprint density at radius 3 is 2.50 bits per heavy atom. The molecule has 0 unspecified atom stereocenters. The van der Waals surface area contributed by atoms with Gasteiger partial charge in [-0.3, -0.25) is 4.79 Å². The molecule has 0 saturated heterocycles. The van der Waals surface area contributed by atoms with Crippen molar-refractivity contribution >= 4 is 15.9 Å². The Balaban J connectivity index is 1.77. The standard InChI is InChI=1S/C18H18N2O7S/c19-17(21)11-27-14-3-5-15(6-4-14)28(23,24)20-12-18(22,13-7-9-25-10-13)16-2-1-8-26-16/h1-10,20,22H,11-12H2,(H2,19,21)/t18-/m1/s1. The summed E-state index contributed by atoms with van der Waals surface area (Å²) in [7, 11) is -3.95. The van der Waals surface area contributed by atoms with Gasteiger partial charge in [-0.2, -0.15) is 0 Å². The van der Waals surface area contributed by atoms with Crippen molar-refractivity contribution in [1.82, 2.24) is 4.72 Å². The van der Waals surface area contributed by atoms with Crippen molar-refractivity contribution < 1.29 is 31.9 Å². The molecule has 1 aromatic carbocycles. The van der Waals surface area contributed by atoms with Crippen LogP contribution in [-0.2, 0) is 20.4 Å². The molecule has 0 bridgehead atoms. The van der Waals surface area contributed by atoms with Crippen LogP contribution in [0.1, 0.15) is 11.3 Å². The molecule has 9 nitrogen and oxygen atoms in total. The van der Waals surface area contributed by atoms with E-state index in [9.17, 15) is 18.3 Å². The van der Waals surface area contributed by atoms with E-state index < -0.39 is 21.5 Å². The lowest BCUT2D eigenvalue weighted by atomic mass is 9.94. The number of amides is 1. The van der Waals surface area contributed by atoms with Gasteiger partial charge in [-0.1, -0.05) is 0 Å². The van der Waals surface area contributed by atoms with Gasteiger partial charge in [0.25, 0.3) is 5.91 Å². The molecule has 1 atom stereocenters. The minimum atomic E-state index is -3.95. The molecule has 148 valence electrons. The second-order valence-electron chi connectivity index (χ2n) is 5.90. The molecule has 10 heteroatoms. The molecule has 3 rings (SSSR count). The summed E-state index contributed by atoms with van der Waals surface area (Å²) in [5, 5.41) is 11.1. The molecule has 0 aliphatic carbocycles. The van der Waals surface area contributed by atoms with E-state index in [1.807, 2.05) is 0 Å². The van der Waals surface area contributed by atoms with Gasteiger partial charge in [-0.05, 0) is 42.5 Å². The fourth-order valence-electron chi connectivity index (χ4n) is 2.50. The third-order valence-corrected chi connectivity index (χ3v) is 5.38. The molecule has 2 heterocycles. The first-order chi connectivity index (χ1) is 13.3. The van der Waals surface area contributed by atoms with Gasteiger partial charge >= 0.3 is 0 Å². The van der Waals surface area contributed by atoms with Crippen LogP contribution in [0.25, 0.3) is 0 Å². The molecule has 28 heavy (non-hydrogen) atoms. The number of sulfonamides is 1. The van der Waals surface area contributed by atoms with Crippen molar-refractivity contribution in [2.75, 3.05) is 13.2 Å². The lowest BCUT2D eigenvalue weighted by Gasteiger charge is -2.25. The van der Waals surface area contributed by atoms with Crippen molar-refractivity contribution in [2.45, 2.75) is 10.5 Å². The predicted molar refractivity (Wildman–Crippen MR) is 96.7 cm³/mol. The zero-order valence-electron chi connectivity index (χ0n) is 14.6. The lowest BCUT2D eigenvalue weighted by Crippen LogP contribution is -2.41. The zero-order valence-corrected chi connectivity index (χ0v) is 15.4. The highest BCUT2D eigenvalue weighted by Crippen LogP contribution is 2.30. The average Bonchev–Trinajstić information content (AvgIpc) is 3.39. The number of furan rings is 2. The van der Waals surface area contributed by atoms with Crippen LogP contribution in [0.3, 0.4) is 0 Å². The number of nitrogens with two attached hydrogens (primary N) is 1. The van der Waals surface area contributed by atoms with Gasteiger partial charge in [0.05, 0.1) is 30.2 Å². The summed E-state index contributed by atoms with van der Waals surface area (Å²) in [4.78, 5) is 10.7. The van der Waals surface area contributed by atoms with Crippen LogP contribution in [0.15, 0.2) is 75.0 Å². The highest BCUT2D eigenvalue weighted by atomic mass is 32.2. The third-order valence-electron chi connectivity index (χ3n) is 3.96. The molecule has 4 N–H and O–H groups in total. The largest absolute Gasteiger partial charge is 0.484 e. The first-order valence-corrected chi connectivity index (χ1v) is 9.59. The highest BCUT2D eigenvalue weighted by Gasteiger charge is 2.37. The smallest absolute Gasteiger partial charge is 0.255 e. The minimum absolute atomic E-state index is 0.0482. The minimum Gasteiger partial charge on any atom is -0.484 e. The van der Waals surface area contributed by atoms with E-state index in [0.29, 0.717) is 11.3 Å². The summed E-state index contributed by atoms with van der Waals surface area (Å²) in [6.07, 6.45) is 4.05. The molecule has 0 aliphatic rings. The second-order valence-corrected chi connectivity index (χ2v) is 7.67. The van der Waals surface area contributed by atoms with E-state index in [-0.39, 0.29) is 23.8 Å². The van der Waals surface area contributed by atoms with Crippen LogP contribution in [0.2, 0.25) is 0 Å². The SMILES string of the molecule is NC(=O)COc1ccc(S(=O)(=O)NC[C@@](O)(c2ccoc2)c2ccco2)cc1. The fraction of sp³-hybridized carbons (Fsp3) is 0.167. The maximum absolute atomic E-state index is 12.6. The molecular formula is C18H18N2O7S. The fourth-order valence-corrected chi connectivity index (χ4v) is 3.56. The number of hydrogen-bond acceptors (Lipinski definition) is 7. The van der Waals surface area contributed by atoms with Gasteiger partial charge in [0, 0.05) is 5.56 Å². The van der Waals surface area contributed by atoms with E-state index in [1.165, 1.54) is 55.2 Å². The van der Waals surface area contributed by atoms with E-state index >= 15 is 0 Å². The molecule has 0 radical (unpaired) electrons. The number of carbonyl (C=O) groups is 1. The molecule has 1 amide bonds. The highest BCUT2D eigenvalue weighted by molar-refractivity contribution is 7.89. The van der Waals surface area contributed by atoms with Gasteiger partial charge < -0.3 is 24.4 Å². The molecule has 0 aliphatic heterocycles. The van der Waals surface area contributed by atoms with E-state index in [2.05, 4.69) is 4.72 Å². The molecular weight excluding hydrogens is 388 g/mol. The van der Waals surface area contributed by atoms with E-state index in [0.717, 1.165) is 0 Å². The second kappa shape index (κ2) is 7.89. The van der Waals surface area contributed by atoms with E-state index in [4.69, 9.17) is 19.3 Å². The van der Waals surface area contributed by atoms with Crippen molar-refractivity contribution in [3.05, 3.63) is 72.6 Å². The summed E-state index contributed by atoms with van der Waals surface area (Å²) in [5.41, 5.74) is 3.57. The summed E-state index contributed by atoms with van der Waals surface area (Å²) in [6, 6.07) is 10.0. The Hall–Kier alpha value is -3.08. The summed E-state index contributed by atoms with van der Waals surface area (Å²) in [6.45, 7) is -0.701. The van der Waals surface area contributed by atoms with Crippen LogP contribution < -0.4 is 15.2 Å². The molecule has 0 fully saturated rings. The first kappa shape index (κ1) is 19.7. The summed E-state index contributed by atoms with van der Waals surface area (Å²) in [5.74, 6) is -0.190. The van der Waals surface area contributed by atoms with E-state index in [1.54, 1.807) is 6.07 Å². The lowest BCUT2D eigenvalue weighted by molar-refractivity contribution is -0.119. The van der Waals surface area contributed by atoms with Crippen molar-refractivity contribution in [3.63, 3.8) is 0 Å². The van der Waals surface area contributed by atoms with Crippen LogP contribution in [0, 0.1) is 0 Å². The normalized spacial score (nSPS) is 13.8. The molecule has 3 aromatic rings. The van der Waals surface area contributed by atoms with Gasteiger partial charge in [0.2, 0.25) is 10.0 Å². The number of carbonyl (C=O) groups excluding carboxylic acids is 1. The van der Waals surface area contributed by atoms with Gasteiger partial charge in [-0.25, -0.2) is 13.1 Å². The Kier molecular flexibility index (Phi) is 5.54. The average molecular weight is 406 g/mol. The van der Waals surface area contributed by atoms with Crippen molar-refractivity contribution in [3.8, 4) is 5.75 Å². The number of primary amides is 1. The topological polar surface area (TPSA) is 145 Å². The van der Waals surface area contributed by atoms with Crippen LogP contribution in [-0.4, -0.2) is 32.6 Å². The van der Waals surface area contributed by atoms with Gasteiger partial charge in [0.15, 0.2) is 12.2 Å². The van der Waals surface area contributed by atoms with Crippen molar-refractivity contribution in [2.24, 2.45) is 5.73 Å². The number of benzene rings is 1. The number of hydrogen-bond donors (Lipinski definition) is 3. The van der Waals surface area contributed by atoms with Crippen LogP contribution in [0.4, 0.5) is 0 Å². The Morgan fingerprint density at radius 1 is 1.18 bits per heavy atom. The maximum Gasteiger partial charge on any atom is 0.255 e. The Labute approximate surface area is 160 Å². The zero-order chi connectivity index (χ0) is 20.2. The molecule has 2 aromatic heterocycles. The summed E-state index contributed by atoms with van der Waals surface area (Å²) >= 11 is 0. The number of rotatable bonds is 9. The summed E-state index contributed by atoms with van der Waals surface area (Å²) < 4.78 is 42.9. The first-order valence-electron chi connectivity index (χ1n) is 8.11. The number of nitrogens with one attached hydrogen (secondary N) is 1. The van der Waals surface area contributed by atoms with Gasteiger partial charge in [-0.15, -0.1) is 0 Å². The quantitative estimate of drug-likeness (QED) is 0.480. The third kappa shape index (κ3) is 4.25. The predicted octanol–water partition coefficient (Wildman–Crippen LogP) is 0.951. The Morgan fingerprint density at radius 2 is 1.93 bits per heavy atom. The van der Waals surface area contributed by atoms with Crippen LogP contribution >= 0.6 is 0 Å². The Bertz CT molecular complexity index is 976.